The Morgan fingerprint density at radius 1 is 0.576 bits per heavy atom. The van der Waals surface area contributed by atoms with Crippen LogP contribution in [0.3, 0.4) is 0 Å². The minimum Gasteiger partial charge on any atom is -0.355 e. The fraction of sp³-hybridized carbons (Fsp3) is 0.444. The van der Waals surface area contributed by atoms with Crippen molar-refractivity contribution in [3.63, 3.8) is 0 Å². The molecule has 5 aromatic carbocycles. The van der Waals surface area contributed by atoms with Gasteiger partial charge in [0.05, 0.1) is 12.6 Å². The Bertz CT molecular complexity index is 2230. The molecule has 1 atom stereocenters. The van der Waals surface area contributed by atoms with Crippen molar-refractivity contribution in [1.29, 1.82) is 0 Å². The summed E-state index contributed by atoms with van der Waals surface area (Å²) >= 11 is 0. The summed E-state index contributed by atoms with van der Waals surface area (Å²) in [4.78, 5) is 0. The fourth-order valence-electron chi connectivity index (χ4n) is 11.7. The molecule has 5 aromatic rings. The minimum absolute atomic E-state index is 0.0281. The second-order valence-electron chi connectivity index (χ2n) is 18.8. The van der Waals surface area contributed by atoms with Crippen LogP contribution in [-0.4, -0.2) is 12.1 Å². The molecule has 4 aliphatic rings. The third kappa shape index (κ3) is 9.01. The number of hydrogen-bond donors (Lipinski definition) is 3. The largest absolute Gasteiger partial charge is 0.355 e. The van der Waals surface area contributed by atoms with Crippen LogP contribution >= 0.6 is 7.05 Å². The number of nitrogens with one attached hydrogen (secondary N) is 3. The summed E-state index contributed by atoms with van der Waals surface area (Å²) in [5.41, 5.74) is 12.5. The van der Waals surface area contributed by atoms with E-state index in [1.54, 1.807) is 0 Å². The molecule has 4 nitrogen and oxygen atoms in total. The van der Waals surface area contributed by atoms with Crippen molar-refractivity contribution in [2.75, 3.05) is 17.2 Å². The molecule has 0 unspecified atom stereocenters. The molecule has 0 heterocycles. The van der Waals surface area contributed by atoms with Crippen molar-refractivity contribution in [1.82, 2.24) is 5.32 Å². The molecule has 4 saturated carbocycles. The molecule has 0 spiro atoms. The third-order valence-corrected chi connectivity index (χ3v) is 17.7. The van der Waals surface area contributed by atoms with Crippen LogP contribution in [0.5, 0.6) is 0 Å². The summed E-state index contributed by atoms with van der Waals surface area (Å²) < 4.78 is 6.65. The lowest BCUT2D eigenvalue weighted by molar-refractivity contribution is 0.00259. The molecule has 0 radical (unpaired) electrons. The molecule has 5 heteroatoms. The van der Waals surface area contributed by atoms with E-state index in [9.17, 15) is 0 Å². The number of unbranched alkanes of at least 4 members (excludes halogenated alkanes) is 5. The average Bonchev–Trinajstić information content (AvgIpc) is 3.21. The summed E-state index contributed by atoms with van der Waals surface area (Å²) in [5.74, 6) is 2.39. The summed E-state index contributed by atoms with van der Waals surface area (Å²) in [7, 11) is -2.69. The van der Waals surface area contributed by atoms with Crippen LogP contribution in [0.4, 0.5) is 22.7 Å². The van der Waals surface area contributed by atoms with Crippen LogP contribution in [-0.2, 0) is 6.54 Å². The number of nitrogens with zero attached hydrogens (tertiary/aromatic N) is 1. The lowest BCUT2D eigenvalue weighted by Gasteiger charge is -2.56. The van der Waals surface area contributed by atoms with Crippen LogP contribution in [0, 0.1) is 52.4 Å². The van der Waals surface area contributed by atoms with E-state index >= 15 is 0 Å². The van der Waals surface area contributed by atoms with Crippen molar-refractivity contribution >= 4 is 45.7 Å². The highest BCUT2D eigenvalue weighted by atomic mass is 31.2. The molecule has 0 amide bonds. The summed E-state index contributed by atoms with van der Waals surface area (Å²) in [6.45, 7) is 15.4. The molecule has 4 bridgehead atoms. The van der Waals surface area contributed by atoms with Crippen molar-refractivity contribution in [2.24, 2.45) is 22.5 Å². The molecule has 59 heavy (non-hydrogen) atoms. The third-order valence-electron chi connectivity index (χ3n) is 13.8. The normalized spacial score (nSPS) is 21.6. The van der Waals surface area contributed by atoms with E-state index in [2.05, 4.69) is 161 Å². The molecule has 310 valence electrons. The molecular weight excluding hydrogens is 736 g/mol. The van der Waals surface area contributed by atoms with Gasteiger partial charge in [-0.3, -0.25) is 4.74 Å². The Labute approximate surface area is 356 Å². The molecule has 4 fully saturated rings. The zero-order valence-electron chi connectivity index (χ0n) is 36.8. The molecule has 9 rings (SSSR count). The van der Waals surface area contributed by atoms with E-state index in [0.717, 1.165) is 36.5 Å². The first-order valence-corrected chi connectivity index (χ1v) is 24.7. The van der Waals surface area contributed by atoms with Gasteiger partial charge in [0.15, 0.2) is 0 Å². The van der Waals surface area contributed by atoms with Gasteiger partial charge in [-0.2, -0.15) is 0 Å². The van der Waals surface area contributed by atoms with E-state index < -0.39 is 7.05 Å². The van der Waals surface area contributed by atoms with Crippen molar-refractivity contribution in [3.05, 3.63) is 137 Å². The predicted molar refractivity (Wildman–Crippen MR) is 257 cm³/mol. The van der Waals surface area contributed by atoms with E-state index in [-0.39, 0.29) is 5.54 Å². The van der Waals surface area contributed by atoms with Crippen molar-refractivity contribution in [3.8, 4) is 0 Å². The SMILES string of the molecule is CCCCCCCCNCc1cc(C)cc(C)c1Nc1ccccc1[P@@](=NC12CC3CC(CC(C3)C1)C2)(c1ccccc1)c1ccccc1Nc1c(C)cc(C)cc1C. The van der Waals surface area contributed by atoms with Gasteiger partial charge in [0.2, 0.25) is 0 Å². The predicted octanol–water partition coefficient (Wildman–Crippen LogP) is 13.6. The monoisotopic (exact) mass is 805 g/mol. The van der Waals surface area contributed by atoms with Crippen molar-refractivity contribution < 1.29 is 0 Å². The number of aryl methyl sites for hydroxylation is 5. The highest BCUT2D eigenvalue weighted by molar-refractivity contribution is 7.88. The smallest absolute Gasteiger partial charge is 0.0612 e. The van der Waals surface area contributed by atoms with Crippen LogP contribution in [0.1, 0.15) is 117 Å². The molecule has 4 aliphatic carbocycles. The van der Waals surface area contributed by atoms with Gasteiger partial charge in [-0.15, -0.1) is 0 Å². The van der Waals surface area contributed by atoms with E-state index in [1.165, 1.54) is 143 Å². The summed E-state index contributed by atoms with van der Waals surface area (Å²) in [5, 5.41) is 16.0. The van der Waals surface area contributed by atoms with Crippen LogP contribution in [0.25, 0.3) is 0 Å². The second kappa shape index (κ2) is 18.2. The zero-order valence-corrected chi connectivity index (χ0v) is 37.7. The standard InChI is InChI=1S/C54H69N4P/c1-7-8-9-10-11-19-26-55-37-46-30-39(3)29-42(6)53(46)57-49-23-16-18-25-51(49)59(47-20-13-12-14-21-47,58-54-34-43-31-44(35-54)33-45(32-43)36-54)50-24-17-15-22-48(50)56-52-40(4)27-38(2)28-41(52)5/h12-18,20-25,27-30,43-45,55-57H,7-11,19,26,31-37H2,1-6H3/t43?,44?,45?,54?,59-/m1/s1. The van der Waals surface area contributed by atoms with Gasteiger partial charge in [0.25, 0.3) is 0 Å². The van der Waals surface area contributed by atoms with Gasteiger partial charge >= 0.3 is 0 Å². The molecule has 3 N–H and O–H groups in total. The van der Waals surface area contributed by atoms with Gasteiger partial charge in [-0.05, 0) is 138 Å². The van der Waals surface area contributed by atoms with Crippen LogP contribution in [0.15, 0.2) is 108 Å². The summed E-state index contributed by atoms with van der Waals surface area (Å²) in [6, 6.07) is 39.2. The van der Waals surface area contributed by atoms with E-state index in [4.69, 9.17) is 4.74 Å². The van der Waals surface area contributed by atoms with Gasteiger partial charge in [0.1, 0.15) is 0 Å². The van der Waals surface area contributed by atoms with Crippen LogP contribution in [0.2, 0.25) is 0 Å². The van der Waals surface area contributed by atoms with Gasteiger partial charge in [0, 0.05) is 45.2 Å². The lowest BCUT2D eigenvalue weighted by atomic mass is 9.53. The molecule has 0 saturated heterocycles. The quantitative estimate of drug-likeness (QED) is 0.0648. The first kappa shape index (κ1) is 41.6. The maximum atomic E-state index is 6.65. The zero-order chi connectivity index (χ0) is 41.0. The number of rotatable bonds is 17. The Morgan fingerprint density at radius 3 is 1.66 bits per heavy atom. The fourth-order valence-corrected chi connectivity index (χ4v) is 15.9. The van der Waals surface area contributed by atoms with Gasteiger partial charge in [-0.1, -0.05) is 141 Å². The number of hydrogen-bond acceptors (Lipinski definition) is 4. The van der Waals surface area contributed by atoms with E-state index in [0.29, 0.717) is 0 Å². The van der Waals surface area contributed by atoms with E-state index in [1.807, 2.05) is 0 Å². The van der Waals surface area contributed by atoms with Crippen molar-refractivity contribution in [2.45, 2.75) is 131 Å². The lowest BCUT2D eigenvalue weighted by Crippen LogP contribution is -2.50. The highest BCUT2D eigenvalue weighted by Gasteiger charge is 2.52. The Kier molecular flexibility index (Phi) is 12.9. The van der Waals surface area contributed by atoms with Crippen LogP contribution < -0.4 is 31.9 Å². The number of para-hydroxylation sites is 2. The number of benzene rings is 5. The maximum absolute atomic E-state index is 6.65. The Hall–Kier alpha value is -4.11. The Morgan fingerprint density at radius 2 is 1.07 bits per heavy atom. The summed E-state index contributed by atoms with van der Waals surface area (Å²) in [6.07, 6.45) is 15.7. The minimum atomic E-state index is -2.69. The second-order valence-corrected chi connectivity index (χ2v) is 21.8. The maximum Gasteiger partial charge on any atom is 0.0612 e. The average molecular weight is 805 g/mol. The first-order chi connectivity index (χ1) is 28.7. The first-order valence-electron chi connectivity index (χ1n) is 23.0. The molecule has 0 aromatic heterocycles. The molecule has 0 aliphatic heterocycles. The topological polar surface area (TPSA) is 48.5 Å². The number of anilines is 4. The highest BCUT2D eigenvalue weighted by Crippen LogP contribution is 2.62. The van der Waals surface area contributed by atoms with Gasteiger partial charge in [-0.25, -0.2) is 0 Å². The van der Waals surface area contributed by atoms with Gasteiger partial charge < -0.3 is 16.0 Å². The molecular formula is C54H69N4P. The Balaban J connectivity index is 1.29.